The third kappa shape index (κ3) is 5.40. The summed E-state index contributed by atoms with van der Waals surface area (Å²) in [6.45, 7) is 2.46. The maximum absolute atomic E-state index is 12.1. The standard InChI is InChI=1S/C20H21N3O2/c1-2-16-5-3-4-6-19(16)23-14-17(13-21)20(25)22-12-11-15-7-9-18(24)10-8-15/h3-10,14,23-24H,2,11-12H2,1H3,(H,22,25)/b17-14-. The largest absolute Gasteiger partial charge is 0.508 e. The Hall–Kier alpha value is -3.26. The first kappa shape index (κ1) is 18.1. The molecule has 0 aromatic heterocycles. The lowest BCUT2D eigenvalue weighted by atomic mass is 10.1. The molecule has 3 N–H and O–H groups in total. The first-order valence-corrected chi connectivity index (χ1v) is 8.15. The fraction of sp³-hybridized carbons (Fsp3) is 0.200. The molecule has 128 valence electrons. The second-order valence-corrected chi connectivity index (χ2v) is 5.50. The van der Waals surface area contributed by atoms with E-state index < -0.39 is 5.91 Å². The summed E-state index contributed by atoms with van der Waals surface area (Å²) in [5.41, 5.74) is 3.02. The highest BCUT2D eigenvalue weighted by atomic mass is 16.3. The molecular weight excluding hydrogens is 314 g/mol. The molecule has 5 heteroatoms. The monoisotopic (exact) mass is 335 g/mol. The number of phenolic OH excluding ortho intramolecular Hbond substituents is 1. The van der Waals surface area contributed by atoms with E-state index in [0.29, 0.717) is 13.0 Å². The van der Waals surface area contributed by atoms with Crippen molar-refractivity contribution in [2.45, 2.75) is 19.8 Å². The minimum atomic E-state index is -0.414. The summed E-state index contributed by atoms with van der Waals surface area (Å²) < 4.78 is 0. The van der Waals surface area contributed by atoms with E-state index in [4.69, 9.17) is 0 Å². The van der Waals surface area contributed by atoms with Gasteiger partial charge in [0.05, 0.1) is 0 Å². The van der Waals surface area contributed by atoms with Crippen molar-refractivity contribution >= 4 is 11.6 Å². The van der Waals surface area contributed by atoms with Crippen LogP contribution in [0.3, 0.4) is 0 Å². The van der Waals surface area contributed by atoms with Gasteiger partial charge in [0.1, 0.15) is 17.4 Å². The summed E-state index contributed by atoms with van der Waals surface area (Å²) in [6, 6.07) is 16.5. The third-order valence-corrected chi connectivity index (χ3v) is 3.77. The molecule has 0 saturated heterocycles. The van der Waals surface area contributed by atoms with Gasteiger partial charge in [0.25, 0.3) is 5.91 Å². The number of aromatic hydroxyl groups is 1. The SMILES string of the molecule is CCc1ccccc1N/C=C(/C#N)C(=O)NCCc1ccc(O)cc1. The summed E-state index contributed by atoms with van der Waals surface area (Å²) in [5.74, 6) is -0.205. The third-order valence-electron chi connectivity index (χ3n) is 3.77. The molecule has 0 atom stereocenters. The number of nitrogens with zero attached hydrogens (tertiary/aromatic N) is 1. The van der Waals surface area contributed by atoms with Crippen LogP contribution in [0.25, 0.3) is 0 Å². The number of aryl methyl sites for hydroxylation is 1. The molecule has 0 aliphatic rings. The van der Waals surface area contributed by atoms with Crippen molar-refractivity contribution in [2.24, 2.45) is 0 Å². The first-order valence-electron chi connectivity index (χ1n) is 8.15. The molecule has 0 radical (unpaired) electrons. The molecule has 5 nitrogen and oxygen atoms in total. The summed E-state index contributed by atoms with van der Waals surface area (Å²) >= 11 is 0. The van der Waals surface area contributed by atoms with E-state index in [1.165, 1.54) is 6.20 Å². The second kappa shape index (κ2) is 9.14. The average molecular weight is 335 g/mol. The van der Waals surface area contributed by atoms with Crippen LogP contribution in [0.15, 0.2) is 60.3 Å². The number of hydrogen-bond acceptors (Lipinski definition) is 4. The van der Waals surface area contributed by atoms with Gasteiger partial charge < -0.3 is 15.7 Å². The van der Waals surface area contributed by atoms with Crippen molar-refractivity contribution in [1.29, 1.82) is 5.26 Å². The Morgan fingerprint density at radius 1 is 1.20 bits per heavy atom. The van der Waals surface area contributed by atoms with E-state index in [1.54, 1.807) is 24.3 Å². The molecule has 2 rings (SSSR count). The van der Waals surface area contributed by atoms with Crippen molar-refractivity contribution in [3.8, 4) is 11.8 Å². The van der Waals surface area contributed by atoms with E-state index in [-0.39, 0.29) is 11.3 Å². The number of nitrogens with one attached hydrogen (secondary N) is 2. The predicted octanol–water partition coefficient (Wildman–Crippen LogP) is 3.13. The van der Waals surface area contributed by atoms with E-state index >= 15 is 0 Å². The molecule has 0 unspecified atom stereocenters. The summed E-state index contributed by atoms with van der Waals surface area (Å²) in [5, 5.41) is 24.2. The zero-order chi connectivity index (χ0) is 18.1. The molecular formula is C20H21N3O2. The van der Waals surface area contributed by atoms with Crippen LogP contribution in [0.5, 0.6) is 5.75 Å². The van der Waals surface area contributed by atoms with Crippen LogP contribution >= 0.6 is 0 Å². The Labute approximate surface area is 147 Å². The van der Waals surface area contributed by atoms with Gasteiger partial charge in [-0.05, 0) is 42.2 Å². The molecule has 0 aliphatic carbocycles. The molecule has 25 heavy (non-hydrogen) atoms. The highest BCUT2D eigenvalue weighted by Gasteiger charge is 2.08. The van der Waals surface area contributed by atoms with Gasteiger partial charge in [-0.3, -0.25) is 4.79 Å². The number of amides is 1. The van der Waals surface area contributed by atoms with Gasteiger partial charge in [-0.2, -0.15) is 5.26 Å². The molecule has 0 aliphatic heterocycles. The number of carbonyl (C=O) groups is 1. The fourth-order valence-corrected chi connectivity index (χ4v) is 2.35. The molecule has 2 aromatic rings. The van der Waals surface area contributed by atoms with Crippen LogP contribution in [-0.2, 0) is 17.6 Å². The summed E-state index contributed by atoms with van der Waals surface area (Å²) in [4.78, 5) is 12.1. The van der Waals surface area contributed by atoms with Gasteiger partial charge in [-0.15, -0.1) is 0 Å². The van der Waals surface area contributed by atoms with Crippen LogP contribution in [0, 0.1) is 11.3 Å². The van der Waals surface area contributed by atoms with E-state index in [2.05, 4.69) is 10.6 Å². The van der Waals surface area contributed by atoms with Gasteiger partial charge in [0.2, 0.25) is 0 Å². The van der Waals surface area contributed by atoms with Crippen molar-refractivity contribution in [1.82, 2.24) is 5.32 Å². The highest BCUT2D eigenvalue weighted by Crippen LogP contribution is 2.15. The Kier molecular flexibility index (Phi) is 6.61. The van der Waals surface area contributed by atoms with Crippen molar-refractivity contribution < 1.29 is 9.90 Å². The molecule has 2 aromatic carbocycles. The van der Waals surface area contributed by atoms with Gasteiger partial charge in [0.15, 0.2) is 0 Å². The van der Waals surface area contributed by atoms with E-state index in [9.17, 15) is 15.2 Å². The van der Waals surface area contributed by atoms with E-state index in [1.807, 2.05) is 37.3 Å². The van der Waals surface area contributed by atoms with Crippen molar-refractivity contribution in [3.05, 3.63) is 71.4 Å². The predicted molar refractivity (Wildman–Crippen MR) is 98.0 cm³/mol. The first-order chi connectivity index (χ1) is 12.1. The Morgan fingerprint density at radius 3 is 2.60 bits per heavy atom. The minimum Gasteiger partial charge on any atom is -0.508 e. The number of rotatable bonds is 7. The number of phenols is 1. The molecule has 0 heterocycles. The fourth-order valence-electron chi connectivity index (χ4n) is 2.35. The van der Waals surface area contributed by atoms with Crippen molar-refractivity contribution in [2.75, 3.05) is 11.9 Å². The van der Waals surface area contributed by atoms with Crippen molar-refractivity contribution in [3.63, 3.8) is 0 Å². The lowest BCUT2D eigenvalue weighted by molar-refractivity contribution is -0.117. The maximum Gasteiger partial charge on any atom is 0.263 e. The zero-order valence-corrected chi connectivity index (χ0v) is 14.1. The lowest BCUT2D eigenvalue weighted by Crippen LogP contribution is -2.27. The van der Waals surface area contributed by atoms with Gasteiger partial charge in [-0.1, -0.05) is 37.3 Å². The molecule has 0 saturated carbocycles. The normalized spacial score (nSPS) is 10.8. The Morgan fingerprint density at radius 2 is 1.92 bits per heavy atom. The van der Waals surface area contributed by atoms with Crippen LogP contribution in [-0.4, -0.2) is 17.6 Å². The minimum absolute atomic E-state index is 0.0246. The van der Waals surface area contributed by atoms with Crippen LogP contribution < -0.4 is 10.6 Å². The van der Waals surface area contributed by atoms with Gasteiger partial charge >= 0.3 is 0 Å². The van der Waals surface area contributed by atoms with Gasteiger partial charge in [0, 0.05) is 18.4 Å². The number of benzene rings is 2. The zero-order valence-electron chi connectivity index (χ0n) is 14.1. The number of hydrogen-bond donors (Lipinski definition) is 3. The van der Waals surface area contributed by atoms with Crippen LogP contribution in [0.1, 0.15) is 18.1 Å². The molecule has 0 fully saturated rings. The van der Waals surface area contributed by atoms with E-state index in [0.717, 1.165) is 23.2 Å². The maximum atomic E-state index is 12.1. The topological polar surface area (TPSA) is 85.2 Å². The molecule has 0 spiro atoms. The lowest BCUT2D eigenvalue weighted by Gasteiger charge is -2.08. The smallest absolute Gasteiger partial charge is 0.263 e. The number of nitriles is 1. The Balaban J connectivity index is 1.91. The Bertz CT molecular complexity index is 789. The number of carbonyl (C=O) groups excluding carboxylic acids is 1. The average Bonchev–Trinajstić information content (AvgIpc) is 2.64. The highest BCUT2D eigenvalue weighted by molar-refractivity contribution is 5.97. The molecule has 0 bridgehead atoms. The summed E-state index contributed by atoms with van der Waals surface area (Å²) in [6.07, 6.45) is 2.92. The number of anilines is 1. The van der Waals surface area contributed by atoms with Crippen LogP contribution in [0.4, 0.5) is 5.69 Å². The van der Waals surface area contributed by atoms with Gasteiger partial charge in [-0.25, -0.2) is 0 Å². The quantitative estimate of drug-likeness (QED) is 0.536. The van der Waals surface area contributed by atoms with Crippen LogP contribution in [0.2, 0.25) is 0 Å². The summed E-state index contributed by atoms with van der Waals surface area (Å²) in [7, 11) is 0. The number of para-hydroxylation sites is 1. The molecule has 1 amide bonds. The second-order valence-electron chi connectivity index (χ2n) is 5.50.